The van der Waals surface area contributed by atoms with Gasteiger partial charge < -0.3 is 49.6 Å². The van der Waals surface area contributed by atoms with E-state index in [1.165, 1.54) is 34.1 Å². The molecular formula is C28H32O12. The predicted octanol–water partition coefficient (Wildman–Crippen LogP) is 0.398. The van der Waals surface area contributed by atoms with Crippen LogP contribution in [-0.2, 0) is 20.6 Å². The van der Waals surface area contributed by atoms with E-state index in [0.29, 0.717) is 5.56 Å². The molecule has 2 aromatic carbocycles. The molecule has 12 heteroatoms. The highest BCUT2D eigenvalue weighted by Gasteiger charge is 2.52. The summed E-state index contributed by atoms with van der Waals surface area (Å²) in [6.07, 6.45) is -10.1. The molecule has 0 aromatic heterocycles. The third kappa shape index (κ3) is 3.94. The molecule has 1 fully saturated rings. The molecular weight excluding hydrogens is 528 g/mol. The zero-order valence-corrected chi connectivity index (χ0v) is 22.5. The van der Waals surface area contributed by atoms with Gasteiger partial charge in [-0.05, 0) is 32.4 Å². The number of aryl methyl sites for hydroxylation is 1. The lowest BCUT2D eigenvalue weighted by Gasteiger charge is -2.46. The monoisotopic (exact) mass is 560 g/mol. The van der Waals surface area contributed by atoms with Crippen molar-refractivity contribution in [2.75, 3.05) is 14.2 Å². The number of carbonyl (C=O) groups excluding carboxylic acids is 2. The van der Waals surface area contributed by atoms with Crippen LogP contribution in [0.3, 0.4) is 0 Å². The van der Waals surface area contributed by atoms with E-state index >= 15 is 0 Å². The van der Waals surface area contributed by atoms with Crippen molar-refractivity contribution in [1.29, 1.82) is 0 Å². The highest BCUT2D eigenvalue weighted by Crippen LogP contribution is 2.52. The van der Waals surface area contributed by atoms with Gasteiger partial charge in [0.05, 0.1) is 35.5 Å². The van der Waals surface area contributed by atoms with Crippen LogP contribution in [0.2, 0.25) is 0 Å². The van der Waals surface area contributed by atoms with Gasteiger partial charge in [0.15, 0.2) is 12.1 Å². The van der Waals surface area contributed by atoms with Crippen molar-refractivity contribution in [3.8, 4) is 17.2 Å². The molecule has 3 aliphatic rings. The van der Waals surface area contributed by atoms with Crippen LogP contribution in [0.15, 0.2) is 12.1 Å². The van der Waals surface area contributed by atoms with E-state index in [9.17, 15) is 40.2 Å². The fourth-order valence-corrected chi connectivity index (χ4v) is 5.97. The number of ketones is 2. The molecule has 6 N–H and O–H groups in total. The number of hydrogen-bond donors (Lipinski definition) is 6. The van der Waals surface area contributed by atoms with Crippen molar-refractivity contribution in [3.05, 3.63) is 51.1 Å². The number of benzene rings is 2. The first-order chi connectivity index (χ1) is 18.8. The maximum atomic E-state index is 13.8. The van der Waals surface area contributed by atoms with Crippen LogP contribution >= 0.6 is 0 Å². The second-order valence-electron chi connectivity index (χ2n) is 10.8. The molecule has 8 unspecified atom stereocenters. The van der Waals surface area contributed by atoms with Gasteiger partial charge in [0.2, 0.25) is 5.78 Å². The lowest BCUT2D eigenvalue weighted by Crippen LogP contribution is -2.59. The SMILES string of the molecule is COc1c(C)ccc2c1C(=O)c1c(O)c3c(c(O)c1C2=O)CC(C)(O)C(O)C3OC1OC(C)C(O)C(OC)C1O. The minimum absolute atomic E-state index is 0.0260. The van der Waals surface area contributed by atoms with Crippen molar-refractivity contribution in [2.45, 2.75) is 75.7 Å². The van der Waals surface area contributed by atoms with E-state index in [2.05, 4.69) is 0 Å². The first-order valence-corrected chi connectivity index (χ1v) is 12.7. The Morgan fingerprint density at radius 2 is 1.62 bits per heavy atom. The van der Waals surface area contributed by atoms with Gasteiger partial charge in [-0.25, -0.2) is 0 Å². The van der Waals surface area contributed by atoms with Gasteiger partial charge in [0, 0.05) is 30.2 Å². The number of fused-ring (bicyclic) bond motifs is 3. The average molecular weight is 561 g/mol. The van der Waals surface area contributed by atoms with Gasteiger partial charge in [0.1, 0.15) is 47.8 Å². The van der Waals surface area contributed by atoms with Crippen LogP contribution < -0.4 is 4.74 Å². The number of rotatable bonds is 4. The number of aromatic hydroxyl groups is 2. The minimum Gasteiger partial charge on any atom is -0.507 e. The summed E-state index contributed by atoms with van der Waals surface area (Å²) < 4.78 is 22.1. The summed E-state index contributed by atoms with van der Waals surface area (Å²) in [5.74, 6) is -2.80. The molecule has 5 rings (SSSR count). The first kappa shape index (κ1) is 28.4. The quantitative estimate of drug-likeness (QED) is 0.241. The topological polar surface area (TPSA) is 192 Å². The molecule has 216 valence electrons. The van der Waals surface area contributed by atoms with Crippen molar-refractivity contribution < 1.29 is 59.2 Å². The van der Waals surface area contributed by atoms with Crippen LogP contribution in [0.25, 0.3) is 0 Å². The maximum absolute atomic E-state index is 13.8. The van der Waals surface area contributed by atoms with E-state index in [0.717, 1.165) is 0 Å². The molecule has 0 amide bonds. The van der Waals surface area contributed by atoms with Crippen LogP contribution in [0.4, 0.5) is 0 Å². The molecule has 0 spiro atoms. The Morgan fingerprint density at radius 1 is 0.975 bits per heavy atom. The zero-order valence-electron chi connectivity index (χ0n) is 22.5. The van der Waals surface area contributed by atoms with Gasteiger partial charge in [-0.15, -0.1) is 0 Å². The number of phenols is 2. The number of carbonyl (C=O) groups is 2. The Kier molecular flexibility index (Phi) is 6.94. The minimum atomic E-state index is -1.94. The summed E-state index contributed by atoms with van der Waals surface area (Å²) in [7, 11) is 2.61. The fourth-order valence-electron chi connectivity index (χ4n) is 5.97. The normalized spacial score (nSPS) is 33.3. The standard InChI is InChI=1S/C28H32O12/c1-9-6-7-11-13(23(9)37-4)20(32)16-15(18(11)30)19(31)12-8-28(3,36)26(35)24(14(12)21(16)33)40-27-22(34)25(38-5)17(29)10(2)39-27/h6-7,10,17,22,24-27,29,31,33-36H,8H2,1-5H3. The molecule has 0 radical (unpaired) electrons. The Balaban J connectivity index is 1.70. The van der Waals surface area contributed by atoms with Crippen molar-refractivity contribution in [1.82, 2.24) is 0 Å². The smallest absolute Gasteiger partial charge is 0.202 e. The largest absolute Gasteiger partial charge is 0.507 e. The molecule has 2 aromatic rings. The Bertz CT molecular complexity index is 1400. The molecule has 2 aliphatic carbocycles. The molecule has 1 saturated heterocycles. The highest BCUT2D eigenvalue weighted by atomic mass is 16.7. The Morgan fingerprint density at radius 3 is 2.25 bits per heavy atom. The lowest BCUT2D eigenvalue weighted by molar-refractivity contribution is -0.321. The molecule has 0 bridgehead atoms. The summed E-state index contributed by atoms with van der Waals surface area (Å²) >= 11 is 0. The third-order valence-corrected chi connectivity index (χ3v) is 8.15. The van der Waals surface area contributed by atoms with E-state index < -0.39 is 89.1 Å². The Hall–Kier alpha value is -3.10. The maximum Gasteiger partial charge on any atom is 0.202 e. The lowest BCUT2D eigenvalue weighted by atomic mass is 9.72. The molecule has 0 saturated carbocycles. The summed E-state index contributed by atoms with van der Waals surface area (Å²) in [4.78, 5) is 27.4. The van der Waals surface area contributed by atoms with E-state index in [1.54, 1.807) is 13.0 Å². The summed E-state index contributed by atoms with van der Waals surface area (Å²) in [5.41, 5.74) is -2.83. The van der Waals surface area contributed by atoms with Crippen LogP contribution in [0.1, 0.15) is 68.5 Å². The first-order valence-electron chi connectivity index (χ1n) is 12.7. The molecule has 1 heterocycles. The molecule has 1 aliphatic heterocycles. The van der Waals surface area contributed by atoms with Gasteiger partial charge >= 0.3 is 0 Å². The van der Waals surface area contributed by atoms with Crippen LogP contribution in [0.5, 0.6) is 17.2 Å². The second kappa shape index (κ2) is 9.77. The zero-order chi connectivity index (χ0) is 29.4. The van der Waals surface area contributed by atoms with Crippen molar-refractivity contribution >= 4 is 11.6 Å². The Labute approximate surface area is 229 Å². The summed E-state index contributed by atoms with van der Waals surface area (Å²) in [6, 6.07) is 3.02. The van der Waals surface area contributed by atoms with Crippen molar-refractivity contribution in [2.24, 2.45) is 0 Å². The molecule has 40 heavy (non-hydrogen) atoms. The number of aliphatic hydroxyl groups is 4. The predicted molar refractivity (Wildman–Crippen MR) is 136 cm³/mol. The third-order valence-electron chi connectivity index (χ3n) is 8.15. The highest BCUT2D eigenvalue weighted by molar-refractivity contribution is 6.31. The van der Waals surface area contributed by atoms with Gasteiger partial charge in [-0.3, -0.25) is 9.59 Å². The molecule has 12 nitrogen and oxygen atoms in total. The number of hydrogen-bond acceptors (Lipinski definition) is 12. The van der Waals surface area contributed by atoms with Gasteiger partial charge in [0.25, 0.3) is 0 Å². The van der Waals surface area contributed by atoms with Crippen molar-refractivity contribution in [3.63, 3.8) is 0 Å². The van der Waals surface area contributed by atoms with E-state index in [-0.39, 0.29) is 28.0 Å². The number of aliphatic hydroxyl groups excluding tert-OH is 3. The van der Waals surface area contributed by atoms with E-state index in [4.69, 9.17) is 18.9 Å². The van der Waals surface area contributed by atoms with Gasteiger partial charge in [-0.2, -0.15) is 0 Å². The van der Waals surface area contributed by atoms with Crippen LogP contribution in [-0.4, -0.2) is 98.8 Å². The average Bonchev–Trinajstić information content (AvgIpc) is 2.90. The number of ether oxygens (including phenoxy) is 4. The number of phenolic OH excluding ortho intramolecular Hbond substituents is 2. The number of methoxy groups -OCH3 is 2. The van der Waals surface area contributed by atoms with Gasteiger partial charge in [-0.1, -0.05) is 6.07 Å². The summed E-state index contributed by atoms with van der Waals surface area (Å²) in [6.45, 7) is 4.46. The van der Waals surface area contributed by atoms with E-state index in [1.807, 2.05) is 0 Å². The van der Waals surface area contributed by atoms with Crippen LogP contribution in [0, 0.1) is 6.92 Å². The summed E-state index contributed by atoms with van der Waals surface area (Å²) in [5, 5.41) is 66.2. The second-order valence-corrected chi connectivity index (χ2v) is 10.8. The fraction of sp³-hybridized carbons (Fsp3) is 0.500. The molecule has 8 atom stereocenters.